The van der Waals surface area contributed by atoms with E-state index in [0.717, 1.165) is 6.07 Å². The lowest BCUT2D eigenvalue weighted by molar-refractivity contribution is -0.385. The van der Waals surface area contributed by atoms with E-state index in [1.165, 1.54) is 16.4 Å². The minimum Gasteiger partial charge on any atom is -0.480 e. The van der Waals surface area contributed by atoms with Crippen LogP contribution in [0.5, 0.6) is 0 Å². The average molecular weight is 385 g/mol. The Bertz CT molecular complexity index is 830. The molecule has 26 heavy (non-hydrogen) atoms. The first-order valence-corrected chi connectivity index (χ1v) is 9.31. The van der Waals surface area contributed by atoms with Gasteiger partial charge in [-0.25, -0.2) is 8.42 Å². The van der Waals surface area contributed by atoms with Crippen LogP contribution in [0.1, 0.15) is 18.4 Å². The SMILES string of the molecule is Cc1ccc([N+](=O)[O-])cc1S(=O)(=O)N1CCC(C(=O)NCC(=O)O)CC1. The third-order valence-corrected chi connectivity index (χ3v) is 6.28. The maximum Gasteiger partial charge on any atom is 0.322 e. The summed E-state index contributed by atoms with van der Waals surface area (Å²) in [7, 11) is -3.92. The first-order valence-electron chi connectivity index (χ1n) is 7.87. The van der Waals surface area contributed by atoms with Crippen LogP contribution in [0, 0.1) is 23.0 Å². The molecule has 2 N–H and O–H groups in total. The highest BCUT2D eigenvalue weighted by atomic mass is 32.2. The molecule has 0 atom stereocenters. The summed E-state index contributed by atoms with van der Waals surface area (Å²) in [5, 5.41) is 21.8. The first kappa shape index (κ1) is 19.8. The van der Waals surface area contributed by atoms with Gasteiger partial charge in [0.2, 0.25) is 15.9 Å². The maximum absolute atomic E-state index is 12.8. The van der Waals surface area contributed by atoms with Crippen LogP contribution >= 0.6 is 0 Å². The van der Waals surface area contributed by atoms with Crippen LogP contribution in [0.2, 0.25) is 0 Å². The molecule has 2 rings (SSSR count). The standard InChI is InChI=1S/C15H19N3O7S/c1-10-2-3-12(18(22)23)8-13(10)26(24,25)17-6-4-11(5-7-17)15(21)16-9-14(19)20/h2-3,8,11H,4-7,9H2,1H3,(H,16,21)(H,19,20). The van der Waals surface area contributed by atoms with E-state index in [4.69, 9.17) is 5.11 Å². The van der Waals surface area contributed by atoms with Crippen molar-refractivity contribution < 1.29 is 28.0 Å². The molecule has 1 amide bonds. The molecular weight excluding hydrogens is 366 g/mol. The number of carbonyl (C=O) groups is 2. The zero-order valence-corrected chi connectivity index (χ0v) is 14.9. The Morgan fingerprint density at radius 2 is 1.96 bits per heavy atom. The zero-order valence-electron chi connectivity index (χ0n) is 14.0. The van der Waals surface area contributed by atoms with Crippen LogP contribution in [-0.4, -0.2) is 54.3 Å². The smallest absolute Gasteiger partial charge is 0.322 e. The fraction of sp³-hybridized carbons (Fsp3) is 0.467. The Hall–Kier alpha value is -2.53. The lowest BCUT2D eigenvalue weighted by Crippen LogP contribution is -2.43. The number of benzene rings is 1. The van der Waals surface area contributed by atoms with E-state index in [2.05, 4.69) is 5.32 Å². The average Bonchev–Trinajstić information content (AvgIpc) is 2.59. The number of non-ortho nitro benzene ring substituents is 1. The molecule has 0 unspecified atom stereocenters. The van der Waals surface area contributed by atoms with Gasteiger partial charge in [0.1, 0.15) is 6.54 Å². The summed E-state index contributed by atoms with van der Waals surface area (Å²) in [5.41, 5.74) is 0.0917. The van der Waals surface area contributed by atoms with Gasteiger partial charge >= 0.3 is 5.97 Å². The summed E-state index contributed by atoms with van der Waals surface area (Å²) < 4.78 is 26.8. The molecule has 0 spiro atoms. The van der Waals surface area contributed by atoms with Crippen LogP contribution in [0.15, 0.2) is 23.1 Å². The molecule has 0 radical (unpaired) electrons. The minimum atomic E-state index is -3.92. The quantitative estimate of drug-likeness (QED) is 0.535. The summed E-state index contributed by atoms with van der Waals surface area (Å²) >= 11 is 0. The number of rotatable bonds is 6. The van der Waals surface area contributed by atoms with Gasteiger partial charge in [-0.15, -0.1) is 0 Å². The van der Waals surface area contributed by atoms with Crippen LogP contribution in [0.4, 0.5) is 5.69 Å². The van der Waals surface area contributed by atoms with Crippen molar-refractivity contribution >= 4 is 27.6 Å². The van der Waals surface area contributed by atoms with Crippen molar-refractivity contribution in [2.24, 2.45) is 5.92 Å². The van der Waals surface area contributed by atoms with Gasteiger partial charge in [0.25, 0.3) is 5.69 Å². The fourth-order valence-electron chi connectivity index (χ4n) is 2.78. The van der Waals surface area contributed by atoms with E-state index in [0.29, 0.717) is 5.56 Å². The number of nitrogens with one attached hydrogen (secondary N) is 1. The molecule has 0 aliphatic carbocycles. The molecule has 10 nitrogen and oxygen atoms in total. The summed E-state index contributed by atoms with van der Waals surface area (Å²) in [6, 6.07) is 3.67. The Balaban J connectivity index is 2.11. The molecule has 1 fully saturated rings. The van der Waals surface area contributed by atoms with Crippen molar-refractivity contribution in [1.82, 2.24) is 9.62 Å². The Labute approximate surface area is 150 Å². The number of nitrogens with zero attached hydrogens (tertiary/aromatic N) is 2. The number of carboxylic acid groups (broad SMARTS) is 1. The van der Waals surface area contributed by atoms with Gasteiger partial charge in [-0.2, -0.15) is 4.31 Å². The second kappa shape index (κ2) is 7.79. The number of amides is 1. The summed E-state index contributed by atoms with van der Waals surface area (Å²) in [6.45, 7) is 1.23. The van der Waals surface area contributed by atoms with E-state index in [1.807, 2.05) is 0 Å². The lowest BCUT2D eigenvalue weighted by atomic mass is 9.97. The molecule has 1 saturated heterocycles. The molecule has 1 aliphatic rings. The largest absolute Gasteiger partial charge is 0.480 e. The maximum atomic E-state index is 12.8. The van der Waals surface area contributed by atoms with Gasteiger partial charge in [-0.05, 0) is 25.3 Å². The van der Waals surface area contributed by atoms with Gasteiger partial charge in [0, 0.05) is 31.1 Å². The molecule has 1 heterocycles. The van der Waals surface area contributed by atoms with Gasteiger partial charge < -0.3 is 10.4 Å². The van der Waals surface area contributed by atoms with Gasteiger partial charge in [0.05, 0.1) is 9.82 Å². The summed E-state index contributed by atoms with van der Waals surface area (Å²) in [5.74, 6) is -2.04. The van der Waals surface area contributed by atoms with Crippen molar-refractivity contribution in [2.75, 3.05) is 19.6 Å². The van der Waals surface area contributed by atoms with Gasteiger partial charge in [-0.3, -0.25) is 19.7 Å². The molecule has 1 aliphatic heterocycles. The number of hydrogen-bond acceptors (Lipinski definition) is 6. The summed E-state index contributed by atoms with van der Waals surface area (Å²) in [6.07, 6.45) is 0.497. The molecule has 1 aromatic rings. The normalized spacial score (nSPS) is 16.2. The van der Waals surface area contributed by atoms with Crippen LogP contribution in [-0.2, 0) is 19.6 Å². The molecule has 0 bridgehead atoms. The molecule has 0 saturated carbocycles. The highest BCUT2D eigenvalue weighted by Crippen LogP contribution is 2.28. The Morgan fingerprint density at radius 3 is 2.50 bits per heavy atom. The topological polar surface area (TPSA) is 147 Å². The van der Waals surface area contributed by atoms with Crippen molar-refractivity contribution in [3.8, 4) is 0 Å². The van der Waals surface area contributed by atoms with Crippen molar-refractivity contribution in [3.05, 3.63) is 33.9 Å². The minimum absolute atomic E-state index is 0.0790. The molecular formula is C15H19N3O7S. The summed E-state index contributed by atoms with van der Waals surface area (Å²) in [4.78, 5) is 32.5. The first-order chi connectivity index (χ1) is 12.1. The second-order valence-electron chi connectivity index (χ2n) is 6.00. The van der Waals surface area contributed by atoms with Crippen molar-refractivity contribution in [3.63, 3.8) is 0 Å². The number of hydrogen-bond donors (Lipinski definition) is 2. The van der Waals surface area contributed by atoms with Crippen LogP contribution in [0.3, 0.4) is 0 Å². The molecule has 1 aromatic carbocycles. The van der Waals surface area contributed by atoms with Crippen LogP contribution < -0.4 is 5.32 Å². The fourth-order valence-corrected chi connectivity index (χ4v) is 4.50. The number of carbonyl (C=O) groups excluding carboxylic acids is 1. The predicted octanol–water partition coefficient (Wildman–Crippen LogP) is 0.505. The van der Waals surface area contributed by atoms with E-state index < -0.39 is 39.3 Å². The highest BCUT2D eigenvalue weighted by Gasteiger charge is 2.33. The number of carboxylic acids is 1. The highest BCUT2D eigenvalue weighted by molar-refractivity contribution is 7.89. The number of nitro groups is 1. The van der Waals surface area contributed by atoms with Crippen molar-refractivity contribution in [2.45, 2.75) is 24.7 Å². The molecule has 11 heteroatoms. The van der Waals surface area contributed by atoms with E-state index in [-0.39, 0.29) is 36.5 Å². The lowest BCUT2D eigenvalue weighted by Gasteiger charge is -2.30. The number of aryl methyl sites for hydroxylation is 1. The zero-order chi connectivity index (χ0) is 19.5. The third-order valence-electron chi connectivity index (χ3n) is 4.24. The Morgan fingerprint density at radius 1 is 1.35 bits per heavy atom. The van der Waals surface area contributed by atoms with E-state index >= 15 is 0 Å². The van der Waals surface area contributed by atoms with Crippen molar-refractivity contribution in [1.29, 1.82) is 0 Å². The predicted molar refractivity (Wildman–Crippen MR) is 90.0 cm³/mol. The monoisotopic (exact) mass is 385 g/mol. The molecule has 0 aromatic heterocycles. The van der Waals surface area contributed by atoms with Gasteiger partial charge in [-0.1, -0.05) is 6.07 Å². The van der Waals surface area contributed by atoms with Crippen LogP contribution in [0.25, 0.3) is 0 Å². The van der Waals surface area contributed by atoms with E-state index in [9.17, 15) is 28.1 Å². The Kier molecular flexibility index (Phi) is 5.93. The molecule has 142 valence electrons. The van der Waals surface area contributed by atoms with E-state index in [1.54, 1.807) is 6.92 Å². The number of sulfonamides is 1. The number of piperidine rings is 1. The number of aliphatic carboxylic acids is 1. The third kappa shape index (κ3) is 4.35. The van der Waals surface area contributed by atoms with Gasteiger partial charge in [0.15, 0.2) is 0 Å². The second-order valence-corrected chi connectivity index (χ2v) is 7.90. The number of nitro benzene ring substituents is 1.